The van der Waals surface area contributed by atoms with Crippen LogP contribution in [0.25, 0.3) is 0 Å². The molecule has 57 heteroatoms. The number of amides is 3. The number of hydrogen-bond donors (Lipinski definition) is 33. The molecule has 0 saturated carbocycles. The van der Waals surface area contributed by atoms with Gasteiger partial charge in [0.2, 0.25) is 17.7 Å². The Bertz CT molecular complexity index is 3480. The highest BCUT2D eigenvalue weighted by molar-refractivity contribution is 5.74. The molecule has 0 unspecified atom stereocenters. The van der Waals surface area contributed by atoms with Crippen molar-refractivity contribution >= 4 is 17.7 Å². The summed E-state index contributed by atoms with van der Waals surface area (Å²) in [6, 6.07) is -6.16. The molecule has 0 aromatic rings. The molecule has 11 fully saturated rings. The molecule has 0 spiro atoms. The molecule has 57 nitrogen and oxygen atoms in total. The number of aliphatic hydroxyl groups is 30. The lowest BCUT2D eigenvalue weighted by molar-refractivity contribution is -0.406. The maximum absolute atomic E-state index is 13.5. The normalized spacial score (nSPS) is 51.3. The van der Waals surface area contributed by atoms with Crippen LogP contribution in [0.1, 0.15) is 34.6 Å². The largest absolute Gasteiger partial charge is 0.394 e. The van der Waals surface area contributed by atoms with E-state index in [1.54, 1.807) is 0 Å². The average Bonchev–Trinajstić information content (AvgIpc) is 0.759. The predicted molar refractivity (Wildman–Crippen MR) is 394 cm³/mol. The summed E-state index contributed by atoms with van der Waals surface area (Å²) >= 11 is 0. The van der Waals surface area contributed by atoms with E-state index in [4.69, 9.17) is 99.5 Å². The first kappa shape index (κ1) is 106. The van der Waals surface area contributed by atoms with Gasteiger partial charge in [-0.1, -0.05) is 0 Å². The molecule has 11 saturated heterocycles. The first-order valence-corrected chi connectivity index (χ1v) is 41.4. The van der Waals surface area contributed by atoms with Gasteiger partial charge < -0.3 is 269 Å². The summed E-state index contributed by atoms with van der Waals surface area (Å²) < 4.78 is 125. The van der Waals surface area contributed by atoms with E-state index < -0.39 is 415 Å². The van der Waals surface area contributed by atoms with Crippen LogP contribution in [0.4, 0.5) is 0 Å². The first-order valence-electron chi connectivity index (χ1n) is 41.4. The van der Waals surface area contributed by atoms with Crippen molar-refractivity contribution in [3.05, 3.63) is 0 Å². The Morgan fingerprint density at radius 3 is 0.876 bits per heavy atom. The molecule has 11 aliphatic rings. The minimum absolute atomic E-state index is 0.875. The molecule has 33 N–H and O–H groups in total. The van der Waals surface area contributed by atoms with Crippen LogP contribution >= 0.6 is 0 Å². The molecule has 3 amide bonds. The Balaban J connectivity index is 0.913. The van der Waals surface area contributed by atoms with Crippen molar-refractivity contribution in [1.82, 2.24) is 16.0 Å². The summed E-state index contributed by atoms with van der Waals surface area (Å²) in [6.45, 7) is -5.14. The molecule has 0 bridgehead atoms. The van der Waals surface area contributed by atoms with Gasteiger partial charge in [0.15, 0.2) is 69.2 Å². The third-order valence-electron chi connectivity index (χ3n) is 24.1. The zero-order valence-corrected chi connectivity index (χ0v) is 69.3. The van der Waals surface area contributed by atoms with Crippen LogP contribution in [0.5, 0.6) is 0 Å². The standard InChI is InChI=1S/C72H121N3O54/c1-15-32(87)42(97)48(103)66(110-15)128-60-45(100)35(90)21(7-77)115-71(60)123-54-25(11-81)117-63(29(39(54)94)73-17(3)84)109-14-28-38(93)58(52(107)70(120-28)121-53-26(12-82)118-64(30(40(53)95)74-18(4)85)125-57-36(91)22(8-78)114-69(51(57)106)122-56-24(10-80)112-62(108)47(102)46(56)101)126-65-31(75-19(5)86)41(96)55(27(13-83)119-65)124-72-61(129-67-49(104)43(98)33(88)16(2)111-67)59(37(92)23(9-79)116-72)127-68-50(105)44(99)34(89)20(6-76)113-68/h15-16,20-72,76-83,87-108H,6-14H2,1-5H3,(H,73,84)(H,74,85)(H,75,86)/t15-,16-,20+,21+,22+,23+,24+,25+,26+,27+,28+,29+,30+,31+,32+,33+,34-,35-,36-,37-,38-,39+,40+,41+,42+,43+,44-,45-,46+,47+,48-,49-,50+,51+,52+,53+,54+,55+,56+,57-,58-,59-,60+,61+,62+,63+,64-,65-,66-,67-,68+,69-,70-,71-,72-/m0/s1. The van der Waals surface area contributed by atoms with Crippen LogP contribution in [-0.2, 0) is 114 Å². The van der Waals surface area contributed by atoms with Gasteiger partial charge in [-0.3, -0.25) is 14.4 Å². The van der Waals surface area contributed by atoms with Crippen molar-refractivity contribution in [1.29, 1.82) is 0 Å². The van der Waals surface area contributed by atoms with Gasteiger partial charge in [0, 0.05) is 20.8 Å². The lowest BCUT2D eigenvalue weighted by atomic mass is 9.93. The van der Waals surface area contributed by atoms with Crippen LogP contribution in [-0.4, -0.2) is 568 Å². The summed E-state index contributed by atoms with van der Waals surface area (Å²) in [6.07, 6.45) is -108. The van der Waals surface area contributed by atoms with E-state index in [1.165, 1.54) is 13.8 Å². The van der Waals surface area contributed by atoms with Gasteiger partial charge in [0.25, 0.3) is 0 Å². The molecule has 0 aromatic heterocycles. The minimum atomic E-state index is -2.61. The van der Waals surface area contributed by atoms with E-state index in [0.717, 1.165) is 20.8 Å². The first-order chi connectivity index (χ1) is 61.0. The van der Waals surface area contributed by atoms with Crippen LogP contribution in [0.2, 0.25) is 0 Å². The number of carbonyl (C=O) groups is 3. The molecule has 11 aliphatic heterocycles. The Morgan fingerprint density at radius 1 is 0.217 bits per heavy atom. The second-order valence-corrected chi connectivity index (χ2v) is 33.0. The topological polar surface area (TPSA) is 888 Å². The summed E-state index contributed by atoms with van der Waals surface area (Å²) in [7, 11) is 0. The maximum Gasteiger partial charge on any atom is 0.217 e. The quantitative estimate of drug-likeness (QED) is 0.0297. The highest BCUT2D eigenvalue weighted by Crippen LogP contribution is 2.42. The monoisotopic (exact) mass is 1890 g/mol. The van der Waals surface area contributed by atoms with Gasteiger partial charge in [-0.2, -0.15) is 0 Å². The smallest absolute Gasteiger partial charge is 0.217 e. The zero-order chi connectivity index (χ0) is 94.8. The molecule has 0 aliphatic carbocycles. The molecule has 129 heavy (non-hydrogen) atoms. The number of rotatable bonds is 32. The van der Waals surface area contributed by atoms with Crippen molar-refractivity contribution < 1.29 is 267 Å². The minimum Gasteiger partial charge on any atom is -0.394 e. The number of aliphatic hydroxyl groups excluding tert-OH is 30. The molecule has 11 rings (SSSR count). The van der Waals surface area contributed by atoms with E-state index >= 15 is 0 Å². The van der Waals surface area contributed by atoms with Gasteiger partial charge in [-0.25, -0.2) is 0 Å². The summed E-state index contributed by atoms with van der Waals surface area (Å²) in [4.78, 5) is 39.9. The van der Waals surface area contributed by atoms with Gasteiger partial charge in [0.1, 0.15) is 256 Å². The number of hydrogen-bond acceptors (Lipinski definition) is 54. The second kappa shape index (κ2) is 45.8. The molecule has 0 radical (unpaired) electrons. The third kappa shape index (κ3) is 22.9. The third-order valence-corrected chi connectivity index (χ3v) is 24.1. The number of nitrogens with one attached hydrogen (secondary N) is 3. The fourth-order valence-corrected chi connectivity index (χ4v) is 16.9. The van der Waals surface area contributed by atoms with E-state index in [-0.39, 0.29) is 0 Å². The van der Waals surface area contributed by atoms with E-state index in [0.29, 0.717) is 0 Å². The lowest BCUT2D eigenvalue weighted by Crippen LogP contribution is -2.71. The van der Waals surface area contributed by atoms with E-state index in [9.17, 15) is 168 Å². The van der Waals surface area contributed by atoms with Crippen molar-refractivity contribution in [3.8, 4) is 0 Å². The van der Waals surface area contributed by atoms with Gasteiger partial charge in [0.05, 0.1) is 71.7 Å². The maximum atomic E-state index is 13.5. The Morgan fingerprint density at radius 2 is 0.473 bits per heavy atom. The Labute approximate surface area is 730 Å². The van der Waals surface area contributed by atoms with Crippen molar-refractivity contribution in [2.24, 2.45) is 0 Å². The van der Waals surface area contributed by atoms with Crippen LogP contribution in [0, 0.1) is 0 Å². The van der Waals surface area contributed by atoms with E-state index in [1.807, 2.05) is 0 Å². The zero-order valence-electron chi connectivity index (χ0n) is 69.3. The van der Waals surface area contributed by atoms with Crippen LogP contribution in [0.3, 0.4) is 0 Å². The van der Waals surface area contributed by atoms with Crippen LogP contribution < -0.4 is 16.0 Å². The average molecular weight is 1890 g/mol. The number of ether oxygens (including phenoxy) is 21. The van der Waals surface area contributed by atoms with Gasteiger partial charge in [-0.05, 0) is 13.8 Å². The lowest BCUT2D eigenvalue weighted by Gasteiger charge is -2.52. The molecule has 0 aromatic carbocycles. The van der Waals surface area contributed by atoms with Crippen molar-refractivity contribution in [3.63, 3.8) is 0 Å². The Hall–Kier alpha value is -3.63. The fourth-order valence-electron chi connectivity index (χ4n) is 16.9. The summed E-state index contributed by atoms with van der Waals surface area (Å²) in [5.74, 6) is -3.05. The van der Waals surface area contributed by atoms with Gasteiger partial charge >= 0.3 is 0 Å². The molecule has 11 heterocycles. The summed E-state index contributed by atoms with van der Waals surface area (Å²) in [5.41, 5.74) is 0. The summed E-state index contributed by atoms with van der Waals surface area (Å²) in [5, 5.41) is 342. The predicted octanol–water partition coefficient (Wildman–Crippen LogP) is -22.5. The van der Waals surface area contributed by atoms with Crippen LogP contribution in [0.15, 0.2) is 0 Å². The molecule has 55 atom stereocenters. The second-order valence-electron chi connectivity index (χ2n) is 33.0. The van der Waals surface area contributed by atoms with Crippen molar-refractivity contribution in [2.75, 3.05) is 59.5 Å². The fraction of sp³-hybridized carbons (Fsp3) is 0.958. The van der Waals surface area contributed by atoms with E-state index in [2.05, 4.69) is 16.0 Å². The van der Waals surface area contributed by atoms with Crippen molar-refractivity contribution in [2.45, 2.75) is 372 Å². The molecule has 748 valence electrons. The highest BCUT2D eigenvalue weighted by atomic mass is 16.8. The SMILES string of the molecule is CC(=O)N[C@H]1[C@H](O[C@H]2[C@@H](O)[C@@H](CO)O[C@@H](O[C@H]3[C@H](O)[C@@H](O)[C@H](O)O[C@@H]3CO)[C@@H]2O)O[C@H](CO)[C@@H](O[C@@H]2O[C@H](CO[C@@H]3O[C@H](CO)[C@@H](O[C@@H]4O[C@H](CO)[C@H](O)[C@H](O)[C@H]4O[C@@H]4O[C@@H](C)[C@@H](O)[C@@H](O)[C@@H]4O)[C@H](O)[C@H]3NC(C)=O)[C@H](O)[C@H](O[C@@H]3O[C@H](CO)[C@@H](O[C@@H]4O[C@H](CO)[C@H](O)[C@H](O[C@H]5O[C@H](CO)[C@H](O)[C@H](O)[C@H]5O)[C@H]4O[C@@H]4O[C@@H](C)[C@@H](O)[C@@H](O)[C@@H]4O)[C@H](O)[C@H]3NC(C)=O)[C@H]2O)[C@@H]1O. The molecular formula is C72H121N3O54. The van der Waals surface area contributed by atoms with Gasteiger partial charge in [-0.15, -0.1) is 0 Å². The Kier molecular flexibility index (Phi) is 37.5. The molecular weight excluding hydrogens is 1770 g/mol. The highest BCUT2D eigenvalue weighted by Gasteiger charge is 2.63. The number of carbonyl (C=O) groups excluding carboxylic acids is 3.